The number of amides is 1. The molecular formula is C20H22F4N4O2S. The molecule has 2 aliphatic rings. The molecule has 0 bridgehead atoms. The Morgan fingerprint density at radius 2 is 2.00 bits per heavy atom. The molecule has 1 unspecified atom stereocenters. The lowest BCUT2D eigenvalue weighted by Gasteiger charge is -2.43. The average Bonchev–Trinajstić information content (AvgIpc) is 3.41. The lowest BCUT2D eigenvalue weighted by molar-refractivity contribution is -0.143. The lowest BCUT2D eigenvalue weighted by atomic mass is 9.95. The number of benzene rings is 1. The minimum atomic E-state index is -4.89. The van der Waals surface area contributed by atoms with Crippen molar-refractivity contribution in [1.29, 1.82) is 0 Å². The maximum Gasteiger partial charge on any atom is 0.434 e. The molecule has 1 amide bonds. The fourth-order valence-electron chi connectivity index (χ4n) is 4.07. The van der Waals surface area contributed by atoms with Crippen molar-refractivity contribution in [2.24, 2.45) is 0 Å². The third kappa shape index (κ3) is 4.44. The molecule has 2 aromatic rings. The number of morpholine rings is 1. The number of para-hydroxylation sites is 1. The van der Waals surface area contributed by atoms with Gasteiger partial charge in [-0.3, -0.25) is 9.69 Å². The zero-order valence-electron chi connectivity index (χ0n) is 16.6. The number of aromatic nitrogens is 2. The Morgan fingerprint density at radius 3 is 2.65 bits per heavy atom. The first-order valence-electron chi connectivity index (χ1n) is 9.91. The van der Waals surface area contributed by atoms with E-state index in [0.29, 0.717) is 17.9 Å². The van der Waals surface area contributed by atoms with Crippen LogP contribution in [0.3, 0.4) is 0 Å². The Balaban J connectivity index is 1.59. The highest BCUT2D eigenvalue weighted by Crippen LogP contribution is 2.35. The van der Waals surface area contributed by atoms with Crippen LogP contribution in [0.1, 0.15) is 22.5 Å². The number of alkyl halides is 3. The van der Waals surface area contributed by atoms with Crippen molar-refractivity contribution < 1.29 is 27.1 Å². The van der Waals surface area contributed by atoms with Crippen molar-refractivity contribution in [2.45, 2.75) is 18.1 Å². The Labute approximate surface area is 180 Å². The van der Waals surface area contributed by atoms with E-state index in [1.165, 1.54) is 18.2 Å². The summed E-state index contributed by atoms with van der Waals surface area (Å²) in [7, 11) is 0. The van der Waals surface area contributed by atoms with Crippen molar-refractivity contribution in [3.8, 4) is 5.69 Å². The summed E-state index contributed by atoms with van der Waals surface area (Å²) in [6.45, 7) is 2.84. The predicted octanol–water partition coefficient (Wildman–Crippen LogP) is 2.97. The second kappa shape index (κ2) is 8.79. The fraction of sp³-hybridized carbons (Fsp3) is 0.500. The number of ether oxygens (including phenoxy) is 1. The van der Waals surface area contributed by atoms with Crippen LogP contribution in [0.5, 0.6) is 0 Å². The van der Waals surface area contributed by atoms with Crippen LogP contribution in [0.25, 0.3) is 5.69 Å². The normalized spacial score (nSPS) is 22.6. The van der Waals surface area contributed by atoms with E-state index in [0.717, 1.165) is 43.3 Å². The molecule has 3 heterocycles. The Kier molecular flexibility index (Phi) is 6.27. The van der Waals surface area contributed by atoms with Crippen LogP contribution in [-0.2, 0) is 10.9 Å². The number of carbonyl (C=O) groups excluding carboxylic acids is 1. The van der Waals surface area contributed by atoms with E-state index < -0.39 is 29.2 Å². The van der Waals surface area contributed by atoms with Gasteiger partial charge in [0.15, 0.2) is 5.69 Å². The molecule has 31 heavy (non-hydrogen) atoms. The van der Waals surface area contributed by atoms with Gasteiger partial charge in [-0.2, -0.15) is 30.0 Å². The summed E-state index contributed by atoms with van der Waals surface area (Å²) in [6.07, 6.45) is -3.22. The summed E-state index contributed by atoms with van der Waals surface area (Å²) in [6, 6.07) is 5.00. The Morgan fingerprint density at radius 1 is 1.26 bits per heavy atom. The highest BCUT2D eigenvalue weighted by atomic mass is 32.2. The molecule has 168 valence electrons. The number of rotatable bonds is 5. The molecule has 2 saturated heterocycles. The molecule has 0 radical (unpaired) electrons. The van der Waals surface area contributed by atoms with Crippen molar-refractivity contribution >= 4 is 17.7 Å². The molecule has 11 heteroatoms. The van der Waals surface area contributed by atoms with E-state index in [9.17, 15) is 22.4 Å². The topological polar surface area (TPSA) is 59.4 Å². The van der Waals surface area contributed by atoms with Crippen LogP contribution in [0.4, 0.5) is 17.6 Å². The molecular weight excluding hydrogens is 436 g/mol. The molecule has 4 rings (SSSR count). The number of hydrogen-bond acceptors (Lipinski definition) is 5. The van der Waals surface area contributed by atoms with Crippen LogP contribution >= 0.6 is 11.8 Å². The Hall–Kier alpha value is -2.11. The summed E-state index contributed by atoms with van der Waals surface area (Å²) in [4.78, 5) is 15.1. The summed E-state index contributed by atoms with van der Waals surface area (Å²) >= 11 is 1.76. The second-order valence-corrected chi connectivity index (χ2v) is 8.68. The minimum absolute atomic E-state index is 0.223. The third-order valence-corrected chi connectivity index (χ3v) is 6.94. The van der Waals surface area contributed by atoms with Gasteiger partial charge in [-0.25, -0.2) is 9.07 Å². The smallest absolute Gasteiger partial charge is 0.379 e. The van der Waals surface area contributed by atoms with E-state index in [1.807, 2.05) is 0 Å². The van der Waals surface area contributed by atoms with Gasteiger partial charge in [0.2, 0.25) is 0 Å². The maximum absolute atomic E-state index is 14.1. The van der Waals surface area contributed by atoms with E-state index in [2.05, 4.69) is 15.3 Å². The molecule has 0 saturated carbocycles. The van der Waals surface area contributed by atoms with E-state index in [4.69, 9.17) is 4.74 Å². The van der Waals surface area contributed by atoms with Gasteiger partial charge in [0.05, 0.1) is 25.0 Å². The number of nitrogens with zero attached hydrogens (tertiary/aromatic N) is 3. The van der Waals surface area contributed by atoms with Crippen LogP contribution in [-0.4, -0.2) is 70.5 Å². The van der Waals surface area contributed by atoms with Crippen LogP contribution in [0.2, 0.25) is 0 Å². The fourth-order valence-corrected chi connectivity index (χ4v) is 5.55. The van der Waals surface area contributed by atoms with Gasteiger partial charge in [0, 0.05) is 30.9 Å². The quantitative estimate of drug-likeness (QED) is 0.699. The summed E-state index contributed by atoms with van der Waals surface area (Å²) in [5.74, 6) is -0.0306. The minimum Gasteiger partial charge on any atom is -0.379 e. The molecule has 1 N–H and O–H groups in total. The van der Waals surface area contributed by atoms with E-state index in [1.54, 1.807) is 11.8 Å². The summed E-state index contributed by atoms with van der Waals surface area (Å²) < 4.78 is 61.5. The van der Waals surface area contributed by atoms with Crippen LogP contribution in [0.15, 0.2) is 30.5 Å². The summed E-state index contributed by atoms with van der Waals surface area (Å²) in [5.41, 5.74) is -2.61. The molecule has 1 aromatic carbocycles. The summed E-state index contributed by atoms with van der Waals surface area (Å²) in [5, 5.41) is 6.38. The number of halogens is 4. The van der Waals surface area contributed by atoms with Crippen molar-refractivity contribution in [1.82, 2.24) is 20.0 Å². The van der Waals surface area contributed by atoms with Crippen molar-refractivity contribution in [2.75, 3.05) is 44.4 Å². The van der Waals surface area contributed by atoms with Crippen molar-refractivity contribution in [3.63, 3.8) is 0 Å². The molecule has 2 fully saturated rings. The monoisotopic (exact) mass is 458 g/mol. The first-order chi connectivity index (χ1) is 14.8. The lowest BCUT2D eigenvalue weighted by Crippen LogP contribution is -2.59. The largest absolute Gasteiger partial charge is 0.434 e. The third-order valence-electron chi connectivity index (χ3n) is 5.71. The van der Waals surface area contributed by atoms with Gasteiger partial charge in [-0.1, -0.05) is 12.1 Å². The number of hydrogen-bond donors (Lipinski definition) is 1. The van der Waals surface area contributed by atoms with Gasteiger partial charge in [-0.15, -0.1) is 0 Å². The van der Waals surface area contributed by atoms with Crippen molar-refractivity contribution in [3.05, 3.63) is 47.5 Å². The molecule has 1 aromatic heterocycles. The van der Waals surface area contributed by atoms with Gasteiger partial charge >= 0.3 is 6.18 Å². The van der Waals surface area contributed by atoms with Gasteiger partial charge in [-0.05, 0) is 24.3 Å². The highest BCUT2D eigenvalue weighted by molar-refractivity contribution is 7.99. The zero-order valence-corrected chi connectivity index (χ0v) is 17.4. The number of thioether (sulfide) groups is 1. The SMILES string of the molecule is O=C(NCC1(N2CCOCC2)CCSC1)c1cnn(-c2ccccc2F)c1C(F)(F)F. The maximum atomic E-state index is 14.1. The van der Waals surface area contributed by atoms with E-state index in [-0.39, 0.29) is 17.8 Å². The average molecular weight is 458 g/mol. The highest BCUT2D eigenvalue weighted by Gasteiger charge is 2.43. The predicted molar refractivity (Wildman–Crippen MR) is 108 cm³/mol. The zero-order chi connectivity index (χ0) is 22.1. The molecule has 6 nitrogen and oxygen atoms in total. The first kappa shape index (κ1) is 22.1. The standard InChI is InChI=1S/C20H22F4N4O2S/c21-15-3-1-2-4-16(15)28-17(20(22,23)24)14(11-26-28)18(29)25-12-19(5-10-31-13-19)27-6-8-30-9-7-27/h1-4,11H,5-10,12-13H2,(H,25,29). The Bertz CT molecular complexity index is 938. The molecule has 0 spiro atoms. The molecule has 2 aliphatic heterocycles. The number of nitrogens with one attached hydrogen (secondary N) is 1. The van der Waals surface area contributed by atoms with Crippen LogP contribution < -0.4 is 5.32 Å². The van der Waals surface area contributed by atoms with Gasteiger partial charge in [0.1, 0.15) is 11.5 Å². The molecule has 1 atom stereocenters. The molecule has 0 aliphatic carbocycles. The van der Waals surface area contributed by atoms with E-state index >= 15 is 0 Å². The first-order valence-corrected chi connectivity index (χ1v) is 11.1. The van der Waals surface area contributed by atoms with Crippen LogP contribution in [0, 0.1) is 5.82 Å². The van der Waals surface area contributed by atoms with Gasteiger partial charge < -0.3 is 10.1 Å². The number of carbonyl (C=O) groups is 1. The van der Waals surface area contributed by atoms with Gasteiger partial charge in [0.25, 0.3) is 5.91 Å². The second-order valence-electron chi connectivity index (χ2n) is 7.58.